The van der Waals surface area contributed by atoms with E-state index in [0.29, 0.717) is 0 Å². The van der Waals surface area contributed by atoms with E-state index in [1.54, 1.807) is 0 Å². The van der Waals surface area contributed by atoms with E-state index >= 15 is 0 Å². The lowest BCUT2D eigenvalue weighted by Crippen LogP contribution is -2.54. The van der Waals surface area contributed by atoms with Crippen molar-refractivity contribution in [2.75, 3.05) is 13.1 Å². The van der Waals surface area contributed by atoms with E-state index in [0.717, 1.165) is 10.6 Å². The minimum atomic E-state index is -0.930. The van der Waals surface area contributed by atoms with Crippen LogP contribution in [-0.4, -0.2) is 44.5 Å². The maximum absolute atomic E-state index is 11.7. The fraction of sp³-hybridized carbons (Fsp3) is 0.400. The number of aromatic nitrogens is 2. The first-order valence-electron chi connectivity index (χ1n) is 5.27. The molecule has 0 aliphatic carbocycles. The molecule has 0 bridgehead atoms. The van der Waals surface area contributed by atoms with Crippen LogP contribution in [0.4, 0.5) is 0 Å². The van der Waals surface area contributed by atoms with E-state index in [4.69, 9.17) is 5.11 Å². The first-order chi connectivity index (χ1) is 8.47. The van der Waals surface area contributed by atoms with Crippen LogP contribution in [0, 0.1) is 5.92 Å². The van der Waals surface area contributed by atoms with Crippen molar-refractivity contribution in [3.63, 3.8) is 0 Å². The molecule has 96 valence electrons. The van der Waals surface area contributed by atoms with Gasteiger partial charge in [0.25, 0.3) is 5.56 Å². The van der Waals surface area contributed by atoms with Gasteiger partial charge < -0.3 is 10.0 Å². The normalized spacial score (nSPS) is 15.2. The quantitative estimate of drug-likeness (QED) is 0.652. The zero-order chi connectivity index (χ0) is 13.3. The number of hydrogen-bond donors (Lipinski definition) is 2. The largest absolute Gasteiger partial charge is 0.481 e. The number of carboxylic acids is 1. The highest BCUT2D eigenvalue weighted by atomic mass is 16.4. The van der Waals surface area contributed by atoms with Crippen LogP contribution in [0.25, 0.3) is 0 Å². The second kappa shape index (κ2) is 4.47. The predicted molar refractivity (Wildman–Crippen MR) is 59.0 cm³/mol. The third-order valence-corrected chi connectivity index (χ3v) is 2.79. The van der Waals surface area contributed by atoms with Gasteiger partial charge in [-0.1, -0.05) is 0 Å². The number of H-pyrrole nitrogens is 1. The lowest BCUT2D eigenvalue weighted by Gasteiger charge is -2.36. The Balaban J connectivity index is 1.99. The van der Waals surface area contributed by atoms with Crippen LogP contribution in [-0.2, 0) is 16.1 Å². The second-order valence-corrected chi connectivity index (χ2v) is 4.07. The van der Waals surface area contributed by atoms with Crippen LogP contribution in [0.15, 0.2) is 21.9 Å². The number of aromatic amines is 1. The number of carbonyl (C=O) groups is 2. The van der Waals surface area contributed by atoms with Crippen LogP contribution in [0.1, 0.15) is 0 Å². The lowest BCUT2D eigenvalue weighted by atomic mass is 10.0. The van der Waals surface area contributed by atoms with Crippen LogP contribution in [0.5, 0.6) is 0 Å². The highest BCUT2D eigenvalue weighted by molar-refractivity contribution is 5.80. The molecule has 1 fully saturated rings. The van der Waals surface area contributed by atoms with Crippen molar-refractivity contribution < 1.29 is 14.7 Å². The van der Waals surface area contributed by atoms with E-state index in [9.17, 15) is 19.2 Å². The van der Waals surface area contributed by atoms with Crippen LogP contribution >= 0.6 is 0 Å². The Hall–Kier alpha value is -2.38. The van der Waals surface area contributed by atoms with E-state index < -0.39 is 23.1 Å². The summed E-state index contributed by atoms with van der Waals surface area (Å²) in [6.45, 7) is 0.112. The number of amides is 1. The first-order valence-corrected chi connectivity index (χ1v) is 5.27. The minimum absolute atomic E-state index is 0.159. The lowest BCUT2D eigenvalue weighted by molar-refractivity contribution is -0.153. The number of rotatable bonds is 3. The van der Waals surface area contributed by atoms with Gasteiger partial charge in [0.1, 0.15) is 6.54 Å². The zero-order valence-electron chi connectivity index (χ0n) is 9.33. The molecule has 1 aliphatic rings. The summed E-state index contributed by atoms with van der Waals surface area (Å²) in [5.74, 6) is -1.80. The third-order valence-electron chi connectivity index (χ3n) is 2.79. The van der Waals surface area contributed by atoms with Crippen molar-refractivity contribution >= 4 is 11.9 Å². The van der Waals surface area contributed by atoms with Gasteiger partial charge in [-0.3, -0.25) is 23.9 Å². The van der Waals surface area contributed by atoms with Gasteiger partial charge in [0, 0.05) is 25.4 Å². The maximum atomic E-state index is 11.7. The van der Waals surface area contributed by atoms with Gasteiger partial charge in [0.2, 0.25) is 5.91 Å². The molecule has 1 aromatic rings. The molecular formula is C10H11N3O5. The standard InChI is InChI=1S/C10H11N3O5/c14-7-1-2-12(10(18)11-7)5-8(15)13-3-6(4-13)9(16)17/h1-2,6H,3-5H2,(H,16,17)(H,11,14,18). The topological polar surface area (TPSA) is 112 Å². The molecule has 2 rings (SSSR count). The number of carbonyl (C=O) groups excluding carboxylic acids is 1. The molecule has 1 saturated heterocycles. The number of hydrogen-bond acceptors (Lipinski definition) is 4. The molecule has 1 aliphatic heterocycles. The molecule has 0 saturated carbocycles. The molecule has 8 heteroatoms. The Morgan fingerprint density at radius 3 is 2.61 bits per heavy atom. The summed E-state index contributed by atoms with van der Waals surface area (Å²) in [5.41, 5.74) is -1.19. The average molecular weight is 253 g/mol. The average Bonchev–Trinajstić information content (AvgIpc) is 2.19. The Labute approximate surface area is 100 Å². The summed E-state index contributed by atoms with van der Waals surface area (Å²) in [5, 5.41) is 8.66. The van der Waals surface area contributed by atoms with Crippen LogP contribution < -0.4 is 11.2 Å². The van der Waals surface area contributed by atoms with E-state index in [2.05, 4.69) is 0 Å². The van der Waals surface area contributed by atoms with E-state index in [1.807, 2.05) is 4.98 Å². The van der Waals surface area contributed by atoms with Gasteiger partial charge in [0.05, 0.1) is 5.92 Å². The molecule has 0 spiro atoms. The maximum Gasteiger partial charge on any atom is 0.328 e. The van der Waals surface area contributed by atoms with Crippen molar-refractivity contribution in [2.24, 2.45) is 5.92 Å². The van der Waals surface area contributed by atoms with Crippen LogP contribution in [0.3, 0.4) is 0 Å². The van der Waals surface area contributed by atoms with Crippen molar-refractivity contribution in [3.8, 4) is 0 Å². The highest BCUT2D eigenvalue weighted by Gasteiger charge is 2.35. The molecule has 8 nitrogen and oxygen atoms in total. The number of carboxylic acid groups (broad SMARTS) is 1. The van der Waals surface area contributed by atoms with Crippen molar-refractivity contribution in [1.29, 1.82) is 0 Å². The number of aliphatic carboxylic acids is 1. The monoisotopic (exact) mass is 253 g/mol. The SMILES string of the molecule is O=C(O)C1CN(C(=O)Cn2ccc(=O)[nH]c2=O)C1. The molecule has 0 aromatic carbocycles. The van der Waals surface area contributed by atoms with E-state index in [1.165, 1.54) is 11.1 Å². The van der Waals surface area contributed by atoms with Crippen LogP contribution in [0.2, 0.25) is 0 Å². The predicted octanol–water partition coefficient (Wildman–Crippen LogP) is -1.92. The highest BCUT2D eigenvalue weighted by Crippen LogP contribution is 2.15. The molecule has 18 heavy (non-hydrogen) atoms. The Morgan fingerprint density at radius 2 is 2.06 bits per heavy atom. The molecule has 0 unspecified atom stereocenters. The van der Waals surface area contributed by atoms with Gasteiger partial charge >= 0.3 is 11.7 Å². The molecule has 2 heterocycles. The van der Waals surface area contributed by atoms with Gasteiger partial charge in [-0.05, 0) is 0 Å². The third kappa shape index (κ3) is 2.31. The molecular weight excluding hydrogens is 242 g/mol. The Kier molecular flexibility index (Phi) is 3.00. The van der Waals surface area contributed by atoms with Crippen molar-refractivity contribution in [3.05, 3.63) is 33.1 Å². The molecule has 2 N–H and O–H groups in total. The number of nitrogens with zero attached hydrogens (tertiary/aromatic N) is 2. The minimum Gasteiger partial charge on any atom is -0.481 e. The number of nitrogens with one attached hydrogen (secondary N) is 1. The molecule has 1 amide bonds. The van der Waals surface area contributed by atoms with Gasteiger partial charge in [0.15, 0.2) is 0 Å². The smallest absolute Gasteiger partial charge is 0.328 e. The van der Waals surface area contributed by atoms with Crippen molar-refractivity contribution in [1.82, 2.24) is 14.5 Å². The number of likely N-dealkylation sites (tertiary alicyclic amines) is 1. The zero-order valence-corrected chi connectivity index (χ0v) is 9.33. The van der Waals surface area contributed by atoms with Crippen molar-refractivity contribution in [2.45, 2.75) is 6.54 Å². The molecule has 0 atom stereocenters. The summed E-state index contributed by atoms with van der Waals surface area (Å²) in [4.78, 5) is 47.8. The van der Waals surface area contributed by atoms with Gasteiger partial charge in [-0.15, -0.1) is 0 Å². The van der Waals surface area contributed by atoms with Gasteiger partial charge in [-0.2, -0.15) is 0 Å². The van der Waals surface area contributed by atoms with E-state index in [-0.39, 0.29) is 25.5 Å². The summed E-state index contributed by atoms with van der Waals surface area (Å²) >= 11 is 0. The summed E-state index contributed by atoms with van der Waals surface area (Å²) in [7, 11) is 0. The molecule has 0 radical (unpaired) electrons. The molecule has 1 aromatic heterocycles. The summed E-state index contributed by atoms with van der Waals surface area (Å²) in [6, 6.07) is 1.14. The summed E-state index contributed by atoms with van der Waals surface area (Å²) in [6.07, 6.45) is 1.23. The first kappa shape index (κ1) is 12.1. The van der Waals surface area contributed by atoms with Gasteiger partial charge in [-0.25, -0.2) is 4.79 Å². The second-order valence-electron chi connectivity index (χ2n) is 4.07. The Bertz CT molecular complexity index is 596. The fourth-order valence-corrected chi connectivity index (χ4v) is 1.65. The summed E-state index contributed by atoms with van der Waals surface area (Å²) < 4.78 is 1.07. The fourth-order valence-electron chi connectivity index (χ4n) is 1.65. The Morgan fingerprint density at radius 1 is 1.39 bits per heavy atom.